The Morgan fingerprint density at radius 3 is 2.65 bits per heavy atom. The van der Waals surface area contributed by atoms with Gasteiger partial charge in [0.2, 0.25) is 0 Å². The molecule has 2 rings (SSSR count). The van der Waals surface area contributed by atoms with Gasteiger partial charge in [-0.3, -0.25) is 9.08 Å². The van der Waals surface area contributed by atoms with Crippen LogP contribution in [0.25, 0.3) is 0 Å². The van der Waals surface area contributed by atoms with E-state index >= 15 is 0 Å². The molecule has 0 bridgehead atoms. The molecule has 0 radical (unpaired) electrons. The van der Waals surface area contributed by atoms with Crippen molar-refractivity contribution in [3.63, 3.8) is 0 Å². The second-order valence-corrected chi connectivity index (χ2v) is 5.91. The van der Waals surface area contributed by atoms with Gasteiger partial charge in [0, 0.05) is 5.69 Å². The molecule has 1 atom stereocenters. The normalized spacial score (nSPS) is 18.7. The fourth-order valence-corrected chi connectivity index (χ4v) is 2.13. The summed E-state index contributed by atoms with van der Waals surface area (Å²) in [6.07, 6.45) is -0.285. The third-order valence-electron chi connectivity index (χ3n) is 2.65. The molecule has 0 N–H and O–H groups in total. The molecule has 106 valence electrons. The highest BCUT2D eigenvalue weighted by Gasteiger charge is 2.33. The van der Waals surface area contributed by atoms with Gasteiger partial charge in [0.1, 0.15) is 12.7 Å². The molecular weight excluding hydrogens is 284 g/mol. The molecule has 1 aliphatic rings. The molecule has 1 aromatic rings. The van der Waals surface area contributed by atoms with Gasteiger partial charge in [0.25, 0.3) is 10.1 Å². The van der Waals surface area contributed by atoms with Crippen LogP contribution in [-0.2, 0) is 19.0 Å². The van der Waals surface area contributed by atoms with Crippen LogP contribution in [0.15, 0.2) is 24.3 Å². The minimum absolute atomic E-state index is 0.195. The lowest BCUT2D eigenvalue weighted by Crippen LogP contribution is -2.26. The van der Waals surface area contributed by atoms with Gasteiger partial charge in [-0.15, -0.1) is 0 Å². The van der Waals surface area contributed by atoms with E-state index in [1.807, 2.05) is 6.07 Å². The maximum absolute atomic E-state index is 11.7. The zero-order valence-electron chi connectivity index (χ0n) is 10.6. The molecular formula is C12H12N2O5S. The number of amides is 1. The van der Waals surface area contributed by atoms with Crippen molar-refractivity contribution in [1.82, 2.24) is 0 Å². The number of rotatable bonds is 4. The van der Waals surface area contributed by atoms with E-state index in [-0.39, 0.29) is 13.2 Å². The first-order valence-electron chi connectivity index (χ1n) is 5.72. The van der Waals surface area contributed by atoms with Crippen molar-refractivity contribution in [3.8, 4) is 6.07 Å². The smallest absolute Gasteiger partial charge is 0.414 e. The maximum atomic E-state index is 11.7. The van der Waals surface area contributed by atoms with Gasteiger partial charge < -0.3 is 4.74 Å². The summed E-state index contributed by atoms with van der Waals surface area (Å²) in [5.74, 6) is 0. The number of carbonyl (C=O) groups is 1. The number of hydrogen-bond donors (Lipinski definition) is 0. The molecule has 0 saturated carbocycles. The fraction of sp³-hybridized carbons (Fsp3) is 0.333. The van der Waals surface area contributed by atoms with Gasteiger partial charge in [-0.25, -0.2) is 4.79 Å². The van der Waals surface area contributed by atoms with Gasteiger partial charge in [-0.1, -0.05) is 0 Å². The molecule has 1 fully saturated rings. The average molecular weight is 296 g/mol. The quantitative estimate of drug-likeness (QED) is 0.764. The van der Waals surface area contributed by atoms with Crippen molar-refractivity contribution >= 4 is 21.9 Å². The van der Waals surface area contributed by atoms with Crippen LogP contribution < -0.4 is 4.90 Å². The summed E-state index contributed by atoms with van der Waals surface area (Å²) in [6, 6.07) is 8.40. The maximum Gasteiger partial charge on any atom is 0.414 e. The van der Waals surface area contributed by atoms with Crippen LogP contribution in [0.3, 0.4) is 0 Å². The van der Waals surface area contributed by atoms with Gasteiger partial charge in [0.15, 0.2) is 0 Å². The van der Waals surface area contributed by atoms with Crippen molar-refractivity contribution in [1.29, 1.82) is 5.26 Å². The van der Waals surface area contributed by atoms with E-state index in [2.05, 4.69) is 4.18 Å². The van der Waals surface area contributed by atoms with Crippen molar-refractivity contribution < 1.29 is 22.1 Å². The number of ether oxygens (including phenoxy) is 1. The Morgan fingerprint density at radius 1 is 1.45 bits per heavy atom. The van der Waals surface area contributed by atoms with Crippen LogP contribution in [0.5, 0.6) is 0 Å². The van der Waals surface area contributed by atoms with E-state index in [1.165, 1.54) is 4.90 Å². The average Bonchev–Trinajstić information content (AvgIpc) is 2.77. The summed E-state index contributed by atoms with van der Waals surface area (Å²) in [5, 5.41) is 8.71. The molecule has 7 nitrogen and oxygen atoms in total. The highest BCUT2D eigenvalue weighted by Crippen LogP contribution is 2.22. The number of carbonyl (C=O) groups excluding carboxylic acids is 1. The van der Waals surface area contributed by atoms with Crippen LogP contribution in [0, 0.1) is 11.3 Å². The Balaban J connectivity index is 2.03. The third-order valence-corrected chi connectivity index (χ3v) is 3.21. The predicted molar refractivity (Wildman–Crippen MR) is 69.6 cm³/mol. The van der Waals surface area contributed by atoms with Crippen LogP contribution in [0.2, 0.25) is 0 Å². The van der Waals surface area contributed by atoms with Gasteiger partial charge in [-0.2, -0.15) is 13.7 Å². The molecule has 8 heteroatoms. The Labute approximate surface area is 116 Å². The Kier molecular flexibility index (Phi) is 3.92. The largest absolute Gasteiger partial charge is 0.441 e. The van der Waals surface area contributed by atoms with Crippen molar-refractivity contribution in [2.75, 3.05) is 24.3 Å². The third kappa shape index (κ3) is 3.46. The summed E-state index contributed by atoms with van der Waals surface area (Å²) >= 11 is 0. The lowest BCUT2D eigenvalue weighted by atomic mass is 10.2. The van der Waals surface area contributed by atoms with E-state index in [4.69, 9.17) is 10.00 Å². The molecule has 0 aliphatic carbocycles. The SMILES string of the molecule is CS(=O)(=O)OC[C@@H]1CN(c2ccc(C#N)cc2)C(=O)O1. The summed E-state index contributed by atoms with van der Waals surface area (Å²) < 4.78 is 31.4. The van der Waals surface area contributed by atoms with Crippen molar-refractivity contribution in [2.45, 2.75) is 6.10 Å². The molecule has 20 heavy (non-hydrogen) atoms. The van der Waals surface area contributed by atoms with E-state index < -0.39 is 22.3 Å². The van der Waals surface area contributed by atoms with Gasteiger partial charge in [-0.05, 0) is 24.3 Å². The predicted octanol–water partition coefficient (Wildman–Crippen LogP) is 0.860. The second-order valence-electron chi connectivity index (χ2n) is 4.26. The summed E-state index contributed by atoms with van der Waals surface area (Å²) in [4.78, 5) is 13.1. The summed E-state index contributed by atoms with van der Waals surface area (Å²) in [7, 11) is -3.57. The fourth-order valence-electron chi connectivity index (χ4n) is 1.73. The first-order chi connectivity index (χ1) is 9.39. The lowest BCUT2D eigenvalue weighted by Gasteiger charge is -2.12. The molecule has 1 aromatic carbocycles. The molecule has 0 aromatic heterocycles. The lowest BCUT2D eigenvalue weighted by molar-refractivity contribution is 0.107. The number of nitrogens with zero attached hydrogens (tertiary/aromatic N) is 2. The molecule has 1 saturated heterocycles. The highest BCUT2D eigenvalue weighted by molar-refractivity contribution is 7.85. The minimum atomic E-state index is -3.57. The number of cyclic esters (lactones) is 1. The number of hydrogen-bond acceptors (Lipinski definition) is 6. The molecule has 1 aliphatic heterocycles. The number of nitriles is 1. The van der Waals surface area contributed by atoms with E-state index in [0.717, 1.165) is 6.26 Å². The summed E-state index contributed by atoms with van der Waals surface area (Å²) in [5.41, 5.74) is 1.06. The standard InChI is InChI=1S/C12H12N2O5S/c1-20(16,17)18-8-11-7-14(12(15)19-11)10-4-2-9(6-13)3-5-10/h2-5,11H,7-8H2,1H3/t11-/m0/s1. The van der Waals surface area contributed by atoms with Crippen molar-refractivity contribution in [2.24, 2.45) is 0 Å². The van der Waals surface area contributed by atoms with Crippen LogP contribution in [0.4, 0.5) is 10.5 Å². The zero-order chi connectivity index (χ0) is 14.8. The first-order valence-corrected chi connectivity index (χ1v) is 7.53. The minimum Gasteiger partial charge on any atom is -0.441 e. The molecule has 1 heterocycles. The van der Waals surface area contributed by atoms with Crippen LogP contribution in [-0.4, -0.2) is 40.0 Å². The molecule has 0 unspecified atom stereocenters. The van der Waals surface area contributed by atoms with Crippen molar-refractivity contribution in [3.05, 3.63) is 29.8 Å². The first kappa shape index (κ1) is 14.3. The topological polar surface area (TPSA) is 96.7 Å². The van der Waals surface area contributed by atoms with Gasteiger partial charge in [0.05, 0.1) is 24.4 Å². The van der Waals surface area contributed by atoms with E-state index in [9.17, 15) is 13.2 Å². The van der Waals surface area contributed by atoms with Crippen LogP contribution >= 0.6 is 0 Å². The molecule has 0 spiro atoms. The monoisotopic (exact) mass is 296 g/mol. The Bertz CT molecular complexity index is 647. The Hall–Kier alpha value is -2.11. The highest BCUT2D eigenvalue weighted by atomic mass is 32.2. The van der Waals surface area contributed by atoms with Crippen LogP contribution in [0.1, 0.15) is 5.56 Å². The summed E-state index contributed by atoms with van der Waals surface area (Å²) in [6.45, 7) is -0.0163. The number of benzene rings is 1. The van der Waals surface area contributed by atoms with Gasteiger partial charge >= 0.3 is 6.09 Å². The van der Waals surface area contributed by atoms with E-state index in [0.29, 0.717) is 11.3 Å². The Morgan fingerprint density at radius 2 is 2.10 bits per heavy atom. The number of anilines is 1. The molecule has 1 amide bonds. The second kappa shape index (κ2) is 5.48. The zero-order valence-corrected chi connectivity index (χ0v) is 11.5. The van der Waals surface area contributed by atoms with E-state index in [1.54, 1.807) is 24.3 Å².